The summed E-state index contributed by atoms with van der Waals surface area (Å²) in [4.78, 5) is 11.7. The molecule has 0 fully saturated rings. The van der Waals surface area contributed by atoms with Crippen LogP contribution < -0.4 is 0 Å². The molecule has 3 nitrogen and oxygen atoms in total. The van der Waals surface area contributed by atoms with E-state index in [1.165, 1.54) is 12.3 Å². The zero-order valence-electron chi connectivity index (χ0n) is 11.2. The highest BCUT2D eigenvalue weighted by molar-refractivity contribution is 5.89. The molecule has 2 aromatic carbocycles. The quantitative estimate of drug-likeness (QED) is 0.684. The third kappa shape index (κ3) is 3.56. The van der Waals surface area contributed by atoms with Gasteiger partial charge >= 0.3 is 5.97 Å². The molecule has 3 heteroatoms. The number of rotatable bonds is 4. The molecule has 0 aliphatic rings. The SMILES string of the molecule is CC(O)(/C=C\OC(=O)c1ccccc1)c1ccccc1. The van der Waals surface area contributed by atoms with Gasteiger partial charge in [0.1, 0.15) is 5.60 Å². The van der Waals surface area contributed by atoms with E-state index in [0.29, 0.717) is 5.56 Å². The number of carbonyl (C=O) groups excluding carboxylic acids is 1. The Hall–Kier alpha value is -2.39. The zero-order valence-corrected chi connectivity index (χ0v) is 11.2. The van der Waals surface area contributed by atoms with Crippen molar-refractivity contribution in [2.45, 2.75) is 12.5 Å². The van der Waals surface area contributed by atoms with E-state index in [4.69, 9.17) is 4.74 Å². The minimum atomic E-state index is -1.18. The van der Waals surface area contributed by atoms with Crippen molar-refractivity contribution in [1.29, 1.82) is 0 Å². The van der Waals surface area contributed by atoms with Crippen LogP contribution in [0.1, 0.15) is 22.8 Å². The van der Waals surface area contributed by atoms with Gasteiger partial charge in [0, 0.05) is 0 Å². The lowest BCUT2D eigenvalue weighted by Gasteiger charge is -2.18. The van der Waals surface area contributed by atoms with E-state index in [-0.39, 0.29) is 0 Å². The van der Waals surface area contributed by atoms with Crippen LogP contribution in [0.4, 0.5) is 0 Å². The Morgan fingerprint density at radius 2 is 1.60 bits per heavy atom. The topological polar surface area (TPSA) is 46.5 Å². The van der Waals surface area contributed by atoms with E-state index >= 15 is 0 Å². The van der Waals surface area contributed by atoms with Gasteiger partial charge in [0.05, 0.1) is 11.8 Å². The molecule has 1 N–H and O–H groups in total. The second kappa shape index (κ2) is 6.17. The van der Waals surface area contributed by atoms with E-state index in [2.05, 4.69) is 0 Å². The van der Waals surface area contributed by atoms with Crippen LogP contribution in [0.15, 0.2) is 73.0 Å². The van der Waals surface area contributed by atoms with Crippen LogP contribution in [0.3, 0.4) is 0 Å². The van der Waals surface area contributed by atoms with Crippen LogP contribution in [0.5, 0.6) is 0 Å². The van der Waals surface area contributed by atoms with E-state index < -0.39 is 11.6 Å². The van der Waals surface area contributed by atoms with Crippen molar-refractivity contribution in [2.75, 3.05) is 0 Å². The van der Waals surface area contributed by atoms with Gasteiger partial charge in [0.15, 0.2) is 0 Å². The molecule has 0 spiro atoms. The highest BCUT2D eigenvalue weighted by Crippen LogP contribution is 2.21. The lowest BCUT2D eigenvalue weighted by atomic mass is 9.96. The highest BCUT2D eigenvalue weighted by Gasteiger charge is 2.19. The summed E-state index contributed by atoms with van der Waals surface area (Å²) in [6.45, 7) is 1.63. The molecule has 102 valence electrons. The smallest absolute Gasteiger partial charge is 0.342 e. The maximum atomic E-state index is 11.7. The van der Waals surface area contributed by atoms with E-state index in [0.717, 1.165) is 5.56 Å². The van der Waals surface area contributed by atoms with E-state index in [9.17, 15) is 9.90 Å². The average Bonchev–Trinajstić information content (AvgIpc) is 2.49. The van der Waals surface area contributed by atoms with Crippen molar-refractivity contribution < 1.29 is 14.6 Å². The fourth-order valence-corrected chi connectivity index (χ4v) is 1.74. The molecule has 0 saturated heterocycles. The molecule has 0 aromatic heterocycles. The summed E-state index contributed by atoms with van der Waals surface area (Å²) in [6.07, 6.45) is 2.67. The number of aliphatic hydroxyl groups is 1. The number of carbonyl (C=O) groups is 1. The number of benzene rings is 2. The molecule has 1 atom stereocenters. The van der Waals surface area contributed by atoms with Gasteiger partial charge in [0.2, 0.25) is 0 Å². The minimum Gasteiger partial charge on any atom is -0.431 e. The first-order valence-corrected chi connectivity index (χ1v) is 6.31. The maximum Gasteiger partial charge on any atom is 0.342 e. The molecule has 0 bridgehead atoms. The summed E-state index contributed by atoms with van der Waals surface area (Å²) in [5, 5.41) is 10.3. The molecule has 2 aromatic rings. The monoisotopic (exact) mass is 268 g/mol. The average molecular weight is 268 g/mol. The van der Waals surface area contributed by atoms with Crippen LogP contribution in [0, 0.1) is 0 Å². The molecule has 2 rings (SSSR count). The molecule has 20 heavy (non-hydrogen) atoms. The maximum absolute atomic E-state index is 11.7. The fourth-order valence-electron chi connectivity index (χ4n) is 1.74. The van der Waals surface area contributed by atoms with Gasteiger partial charge in [-0.3, -0.25) is 0 Å². The summed E-state index contributed by atoms with van der Waals surface area (Å²) in [5.41, 5.74) is 0.0154. The Morgan fingerprint density at radius 1 is 1.05 bits per heavy atom. The Balaban J connectivity index is 2.02. The van der Waals surface area contributed by atoms with Gasteiger partial charge in [-0.05, 0) is 30.7 Å². The summed E-state index contributed by atoms with van der Waals surface area (Å²) in [6, 6.07) is 17.9. The van der Waals surface area contributed by atoms with Crippen LogP contribution >= 0.6 is 0 Å². The molecule has 0 aliphatic heterocycles. The first kappa shape index (κ1) is 14.0. The van der Waals surface area contributed by atoms with Crippen molar-refractivity contribution in [3.63, 3.8) is 0 Å². The van der Waals surface area contributed by atoms with Gasteiger partial charge in [-0.1, -0.05) is 48.5 Å². The molecule has 1 unspecified atom stereocenters. The molecular formula is C17H16O3. The number of esters is 1. The molecule has 0 amide bonds. The third-order valence-electron chi connectivity index (χ3n) is 2.94. The number of hydrogen-bond acceptors (Lipinski definition) is 3. The summed E-state index contributed by atoms with van der Waals surface area (Å²) < 4.78 is 5.01. The van der Waals surface area contributed by atoms with E-state index in [1.54, 1.807) is 31.2 Å². The largest absolute Gasteiger partial charge is 0.431 e. The first-order valence-electron chi connectivity index (χ1n) is 6.31. The standard InChI is InChI=1S/C17H16O3/c1-17(19,15-10-6-3-7-11-15)12-13-20-16(18)14-8-4-2-5-9-14/h2-13,19H,1H3/b13-12-. The van der Waals surface area contributed by atoms with Gasteiger partial charge in [0.25, 0.3) is 0 Å². The number of hydrogen-bond donors (Lipinski definition) is 1. The molecule has 0 saturated carbocycles. The second-order valence-electron chi connectivity index (χ2n) is 4.59. The molecular weight excluding hydrogens is 252 g/mol. The van der Waals surface area contributed by atoms with Crippen molar-refractivity contribution in [1.82, 2.24) is 0 Å². The Bertz CT molecular complexity index is 586. The fraction of sp³-hybridized carbons (Fsp3) is 0.118. The van der Waals surface area contributed by atoms with Crippen LogP contribution in [0.25, 0.3) is 0 Å². The Labute approximate surface area is 118 Å². The van der Waals surface area contributed by atoms with Crippen LogP contribution in [0.2, 0.25) is 0 Å². The molecule has 0 aliphatic carbocycles. The van der Waals surface area contributed by atoms with Crippen LogP contribution in [-0.2, 0) is 10.3 Å². The van der Waals surface area contributed by atoms with Crippen LogP contribution in [-0.4, -0.2) is 11.1 Å². The lowest BCUT2D eigenvalue weighted by molar-refractivity contribution is 0.0645. The lowest BCUT2D eigenvalue weighted by Crippen LogP contribution is -2.17. The van der Waals surface area contributed by atoms with Crippen molar-refractivity contribution in [2.24, 2.45) is 0 Å². The third-order valence-corrected chi connectivity index (χ3v) is 2.94. The van der Waals surface area contributed by atoms with Crippen molar-refractivity contribution in [3.8, 4) is 0 Å². The Kier molecular flexibility index (Phi) is 4.33. The Morgan fingerprint density at radius 3 is 2.20 bits per heavy atom. The molecule has 0 radical (unpaired) electrons. The summed E-state index contributed by atoms with van der Waals surface area (Å²) in [7, 11) is 0. The molecule has 0 heterocycles. The van der Waals surface area contributed by atoms with Gasteiger partial charge in [-0.2, -0.15) is 0 Å². The normalized spacial score (nSPS) is 13.9. The first-order chi connectivity index (χ1) is 9.59. The minimum absolute atomic E-state index is 0.453. The predicted molar refractivity (Wildman–Crippen MR) is 77.0 cm³/mol. The van der Waals surface area contributed by atoms with Gasteiger partial charge in [-0.25, -0.2) is 4.79 Å². The summed E-state index contributed by atoms with van der Waals surface area (Å²) in [5.74, 6) is -0.453. The zero-order chi connectivity index (χ0) is 14.4. The summed E-state index contributed by atoms with van der Waals surface area (Å²) >= 11 is 0. The van der Waals surface area contributed by atoms with Gasteiger partial charge < -0.3 is 9.84 Å². The van der Waals surface area contributed by atoms with Crippen molar-refractivity contribution >= 4 is 5.97 Å². The van der Waals surface area contributed by atoms with Crippen molar-refractivity contribution in [3.05, 3.63) is 84.1 Å². The van der Waals surface area contributed by atoms with E-state index in [1.807, 2.05) is 36.4 Å². The van der Waals surface area contributed by atoms with Gasteiger partial charge in [-0.15, -0.1) is 0 Å². The number of ether oxygens (including phenoxy) is 1. The predicted octanol–water partition coefficient (Wildman–Crippen LogP) is 3.26. The highest BCUT2D eigenvalue weighted by atomic mass is 16.5. The second-order valence-corrected chi connectivity index (χ2v) is 4.59.